The third-order valence-corrected chi connectivity index (χ3v) is 3.61. The van der Waals surface area contributed by atoms with Crippen molar-refractivity contribution < 1.29 is 8.42 Å². The van der Waals surface area contributed by atoms with E-state index < -0.39 is 9.05 Å². The van der Waals surface area contributed by atoms with E-state index in [0.717, 1.165) is 0 Å². The Morgan fingerprint density at radius 3 is 2.56 bits per heavy atom. The zero-order valence-corrected chi connectivity index (χ0v) is 9.59. The Hall–Kier alpha value is -1.57. The van der Waals surface area contributed by atoms with Crippen LogP contribution in [-0.2, 0) is 9.05 Å². The van der Waals surface area contributed by atoms with E-state index in [9.17, 15) is 8.42 Å². The zero-order chi connectivity index (χ0) is 11.8. The molecule has 5 heteroatoms. The van der Waals surface area contributed by atoms with E-state index in [1.807, 2.05) is 6.07 Å². The SMILES string of the molecule is N#Cc1cccc2cc(S(=O)(=O)Cl)ccc12. The van der Waals surface area contributed by atoms with E-state index in [0.29, 0.717) is 16.3 Å². The first kappa shape index (κ1) is 10.9. The first-order valence-corrected chi connectivity index (χ1v) is 6.71. The van der Waals surface area contributed by atoms with Gasteiger partial charge in [0.15, 0.2) is 0 Å². The average Bonchev–Trinajstić information content (AvgIpc) is 2.26. The van der Waals surface area contributed by atoms with Crippen LogP contribution >= 0.6 is 10.7 Å². The molecule has 0 unspecified atom stereocenters. The van der Waals surface area contributed by atoms with Crippen LogP contribution < -0.4 is 0 Å². The summed E-state index contributed by atoms with van der Waals surface area (Å²) in [6.45, 7) is 0. The van der Waals surface area contributed by atoms with Crippen molar-refractivity contribution in [3.63, 3.8) is 0 Å². The molecular formula is C11H6ClNO2S. The maximum absolute atomic E-state index is 11.1. The standard InChI is InChI=1S/C11H6ClNO2S/c12-16(14,15)10-4-5-11-8(6-10)2-1-3-9(11)7-13/h1-6H. The van der Waals surface area contributed by atoms with Crippen molar-refractivity contribution in [3.8, 4) is 6.07 Å². The first-order chi connectivity index (χ1) is 7.52. The second-order valence-electron chi connectivity index (χ2n) is 3.24. The van der Waals surface area contributed by atoms with Crippen LogP contribution in [0.3, 0.4) is 0 Å². The molecule has 0 aliphatic carbocycles. The van der Waals surface area contributed by atoms with Gasteiger partial charge in [-0.15, -0.1) is 0 Å². The summed E-state index contributed by atoms with van der Waals surface area (Å²) in [5, 5.41) is 10.3. The third kappa shape index (κ3) is 1.87. The summed E-state index contributed by atoms with van der Waals surface area (Å²) in [4.78, 5) is 0.0387. The average molecular weight is 252 g/mol. The summed E-state index contributed by atoms with van der Waals surface area (Å²) >= 11 is 0. The highest BCUT2D eigenvalue weighted by Crippen LogP contribution is 2.23. The van der Waals surface area contributed by atoms with Gasteiger partial charge < -0.3 is 0 Å². The van der Waals surface area contributed by atoms with E-state index in [1.54, 1.807) is 24.3 Å². The van der Waals surface area contributed by atoms with Crippen LogP contribution in [0.2, 0.25) is 0 Å². The van der Waals surface area contributed by atoms with Crippen LogP contribution in [0.1, 0.15) is 5.56 Å². The number of hydrogen-bond donors (Lipinski definition) is 0. The van der Waals surface area contributed by atoms with Crippen molar-refractivity contribution in [2.45, 2.75) is 4.90 Å². The molecule has 0 aromatic heterocycles. The number of rotatable bonds is 1. The van der Waals surface area contributed by atoms with Crippen LogP contribution in [0.4, 0.5) is 0 Å². The van der Waals surface area contributed by atoms with E-state index in [-0.39, 0.29) is 4.90 Å². The van der Waals surface area contributed by atoms with Crippen LogP contribution in [0.15, 0.2) is 41.3 Å². The number of nitrogens with zero attached hydrogens (tertiary/aromatic N) is 1. The largest absolute Gasteiger partial charge is 0.261 e. The molecule has 80 valence electrons. The molecular weight excluding hydrogens is 246 g/mol. The van der Waals surface area contributed by atoms with E-state index >= 15 is 0 Å². The van der Waals surface area contributed by atoms with Crippen molar-refractivity contribution in [2.75, 3.05) is 0 Å². The van der Waals surface area contributed by atoms with E-state index in [4.69, 9.17) is 15.9 Å². The van der Waals surface area contributed by atoms with Gasteiger partial charge in [-0.05, 0) is 29.0 Å². The van der Waals surface area contributed by atoms with Gasteiger partial charge in [0.2, 0.25) is 0 Å². The Morgan fingerprint density at radius 1 is 1.19 bits per heavy atom. The van der Waals surface area contributed by atoms with Gasteiger partial charge in [-0.25, -0.2) is 8.42 Å². The molecule has 3 nitrogen and oxygen atoms in total. The molecule has 0 heterocycles. The van der Waals surface area contributed by atoms with Crippen molar-refractivity contribution in [2.24, 2.45) is 0 Å². The minimum absolute atomic E-state index is 0.0387. The molecule has 0 aliphatic heterocycles. The molecule has 0 amide bonds. The molecule has 0 saturated carbocycles. The maximum atomic E-state index is 11.1. The quantitative estimate of drug-likeness (QED) is 0.732. The molecule has 0 aliphatic rings. The van der Waals surface area contributed by atoms with E-state index in [2.05, 4.69) is 0 Å². The molecule has 2 aromatic carbocycles. The third-order valence-electron chi connectivity index (χ3n) is 2.25. The Labute approximate surface area is 97.3 Å². The zero-order valence-electron chi connectivity index (χ0n) is 8.01. The Balaban J connectivity index is 2.80. The van der Waals surface area contributed by atoms with Crippen molar-refractivity contribution in [1.29, 1.82) is 5.26 Å². The fraction of sp³-hybridized carbons (Fsp3) is 0. The second kappa shape index (κ2) is 3.78. The van der Waals surface area contributed by atoms with Gasteiger partial charge in [0.25, 0.3) is 9.05 Å². The van der Waals surface area contributed by atoms with Crippen molar-refractivity contribution in [1.82, 2.24) is 0 Å². The van der Waals surface area contributed by atoms with Crippen LogP contribution in [-0.4, -0.2) is 8.42 Å². The fourth-order valence-electron chi connectivity index (χ4n) is 1.51. The van der Waals surface area contributed by atoms with Crippen molar-refractivity contribution in [3.05, 3.63) is 42.0 Å². The van der Waals surface area contributed by atoms with Gasteiger partial charge in [0.1, 0.15) is 0 Å². The molecule has 2 rings (SSSR count). The van der Waals surface area contributed by atoms with Crippen molar-refractivity contribution >= 4 is 30.5 Å². The number of fused-ring (bicyclic) bond motifs is 1. The Bertz CT molecular complexity index is 701. The summed E-state index contributed by atoms with van der Waals surface area (Å²) in [6.07, 6.45) is 0. The Kier molecular flexibility index (Phi) is 2.58. The molecule has 0 radical (unpaired) electrons. The highest BCUT2D eigenvalue weighted by molar-refractivity contribution is 8.13. The highest BCUT2D eigenvalue weighted by Gasteiger charge is 2.10. The molecule has 0 fully saturated rings. The summed E-state index contributed by atoms with van der Waals surface area (Å²) in [5.41, 5.74) is 0.510. The minimum Gasteiger partial charge on any atom is -0.207 e. The summed E-state index contributed by atoms with van der Waals surface area (Å²) in [5.74, 6) is 0. The Morgan fingerprint density at radius 2 is 1.94 bits per heavy atom. The first-order valence-electron chi connectivity index (χ1n) is 4.40. The van der Waals surface area contributed by atoms with Crippen LogP contribution in [0, 0.1) is 11.3 Å². The molecule has 16 heavy (non-hydrogen) atoms. The number of benzene rings is 2. The van der Waals surface area contributed by atoms with Gasteiger partial charge in [0.05, 0.1) is 16.5 Å². The number of halogens is 1. The van der Waals surface area contributed by atoms with Gasteiger partial charge >= 0.3 is 0 Å². The lowest BCUT2D eigenvalue weighted by Gasteiger charge is -2.01. The number of hydrogen-bond acceptors (Lipinski definition) is 3. The molecule has 0 atom stereocenters. The van der Waals surface area contributed by atoms with Gasteiger partial charge in [-0.2, -0.15) is 5.26 Å². The highest BCUT2D eigenvalue weighted by atomic mass is 35.7. The van der Waals surface area contributed by atoms with Gasteiger partial charge in [0, 0.05) is 10.7 Å². The van der Waals surface area contributed by atoms with Gasteiger partial charge in [-0.1, -0.05) is 18.2 Å². The fourth-order valence-corrected chi connectivity index (χ4v) is 2.30. The van der Waals surface area contributed by atoms with E-state index in [1.165, 1.54) is 12.1 Å². The summed E-state index contributed by atoms with van der Waals surface area (Å²) in [7, 11) is 1.52. The smallest absolute Gasteiger partial charge is 0.207 e. The second-order valence-corrected chi connectivity index (χ2v) is 5.80. The predicted molar refractivity (Wildman–Crippen MR) is 61.7 cm³/mol. The predicted octanol–water partition coefficient (Wildman–Crippen LogP) is 2.64. The van der Waals surface area contributed by atoms with Crippen LogP contribution in [0.5, 0.6) is 0 Å². The van der Waals surface area contributed by atoms with Crippen LogP contribution in [0.25, 0.3) is 10.8 Å². The number of nitriles is 1. The normalized spacial score (nSPS) is 11.2. The molecule has 0 spiro atoms. The summed E-state index contributed by atoms with van der Waals surface area (Å²) < 4.78 is 22.3. The molecule has 0 N–H and O–H groups in total. The molecule has 2 aromatic rings. The lowest BCUT2D eigenvalue weighted by Crippen LogP contribution is -1.90. The minimum atomic E-state index is -3.72. The summed E-state index contributed by atoms with van der Waals surface area (Å²) in [6, 6.07) is 11.6. The monoisotopic (exact) mass is 251 g/mol. The topological polar surface area (TPSA) is 57.9 Å². The van der Waals surface area contributed by atoms with Gasteiger partial charge in [-0.3, -0.25) is 0 Å². The molecule has 0 bridgehead atoms. The lowest BCUT2D eigenvalue weighted by atomic mass is 10.1. The lowest BCUT2D eigenvalue weighted by molar-refractivity contribution is 0.609. The molecule has 0 saturated heterocycles. The maximum Gasteiger partial charge on any atom is 0.261 e.